The SMILES string of the molecule is CN(CCc1ccncc1)CCn1cc(C(=O)O)nn1. The first kappa shape index (κ1) is 14.1. The van der Waals surface area contributed by atoms with Crippen molar-refractivity contribution in [3.8, 4) is 0 Å². The molecule has 2 rings (SSSR count). The molecule has 0 atom stereocenters. The standard InChI is InChI=1S/C13H17N5O2/c1-17(7-4-11-2-5-14-6-3-11)8-9-18-10-12(13(19)20)15-16-18/h2-3,5-6,10H,4,7-9H2,1H3,(H,19,20). The maximum absolute atomic E-state index is 10.7. The van der Waals surface area contributed by atoms with Crippen LogP contribution in [0.2, 0.25) is 0 Å². The van der Waals surface area contributed by atoms with E-state index in [-0.39, 0.29) is 5.69 Å². The summed E-state index contributed by atoms with van der Waals surface area (Å²) in [5.41, 5.74) is 1.23. The van der Waals surface area contributed by atoms with Crippen molar-refractivity contribution in [2.45, 2.75) is 13.0 Å². The number of likely N-dealkylation sites (N-methyl/N-ethyl adjacent to an activating group) is 1. The second-order valence-corrected chi connectivity index (χ2v) is 4.58. The first-order valence-corrected chi connectivity index (χ1v) is 6.36. The average Bonchev–Trinajstić information content (AvgIpc) is 2.93. The van der Waals surface area contributed by atoms with E-state index < -0.39 is 5.97 Å². The molecule has 2 heterocycles. The van der Waals surface area contributed by atoms with Crippen LogP contribution in [-0.4, -0.2) is 56.1 Å². The molecule has 2 aromatic heterocycles. The van der Waals surface area contributed by atoms with Gasteiger partial charge in [0.15, 0.2) is 5.69 Å². The molecule has 1 N–H and O–H groups in total. The molecule has 0 fully saturated rings. The Morgan fingerprint density at radius 3 is 2.75 bits per heavy atom. The van der Waals surface area contributed by atoms with Gasteiger partial charge in [0.05, 0.1) is 12.7 Å². The molecule has 7 heteroatoms. The van der Waals surface area contributed by atoms with Crippen LogP contribution < -0.4 is 0 Å². The number of carboxylic acids is 1. The zero-order valence-corrected chi connectivity index (χ0v) is 11.3. The number of rotatable bonds is 7. The third kappa shape index (κ3) is 4.13. The van der Waals surface area contributed by atoms with Crippen molar-refractivity contribution < 1.29 is 9.90 Å². The summed E-state index contributed by atoms with van der Waals surface area (Å²) in [7, 11) is 2.02. The van der Waals surface area contributed by atoms with Crippen molar-refractivity contribution in [3.63, 3.8) is 0 Å². The molecule has 0 amide bonds. The first-order chi connectivity index (χ1) is 9.65. The van der Waals surface area contributed by atoms with E-state index in [1.54, 1.807) is 17.1 Å². The van der Waals surface area contributed by atoms with E-state index in [4.69, 9.17) is 5.11 Å². The first-order valence-electron chi connectivity index (χ1n) is 6.36. The summed E-state index contributed by atoms with van der Waals surface area (Å²) in [6.07, 6.45) is 5.98. The highest BCUT2D eigenvalue weighted by molar-refractivity contribution is 5.84. The van der Waals surface area contributed by atoms with Crippen LogP contribution in [-0.2, 0) is 13.0 Å². The minimum absolute atomic E-state index is 0.0237. The summed E-state index contributed by atoms with van der Waals surface area (Å²) >= 11 is 0. The number of carbonyl (C=O) groups is 1. The number of hydrogen-bond donors (Lipinski definition) is 1. The van der Waals surface area contributed by atoms with Gasteiger partial charge in [0.25, 0.3) is 0 Å². The van der Waals surface area contributed by atoms with Gasteiger partial charge in [0.1, 0.15) is 0 Å². The van der Waals surface area contributed by atoms with Gasteiger partial charge in [0, 0.05) is 25.5 Å². The van der Waals surface area contributed by atoms with Crippen molar-refractivity contribution in [2.24, 2.45) is 0 Å². The van der Waals surface area contributed by atoms with Crippen LogP contribution in [0.5, 0.6) is 0 Å². The van der Waals surface area contributed by atoms with Crippen molar-refractivity contribution in [3.05, 3.63) is 42.0 Å². The van der Waals surface area contributed by atoms with E-state index in [0.29, 0.717) is 6.54 Å². The molecule has 106 valence electrons. The molecule has 0 saturated carbocycles. The molecule has 0 spiro atoms. The van der Waals surface area contributed by atoms with Gasteiger partial charge in [-0.05, 0) is 31.2 Å². The summed E-state index contributed by atoms with van der Waals surface area (Å²) < 4.78 is 1.55. The van der Waals surface area contributed by atoms with Crippen LogP contribution in [0.15, 0.2) is 30.7 Å². The van der Waals surface area contributed by atoms with Crippen molar-refractivity contribution in [1.82, 2.24) is 24.9 Å². The third-order valence-corrected chi connectivity index (χ3v) is 3.00. The minimum Gasteiger partial charge on any atom is -0.476 e. The Morgan fingerprint density at radius 2 is 2.10 bits per heavy atom. The van der Waals surface area contributed by atoms with Crippen LogP contribution in [0.1, 0.15) is 16.1 Å². The van der Waals surface area contributed by atoms with Gasteiger partial charge in [-0.2, -0.15) is 0 Å². The lowest BCUT2D eigenvalue weighted by atomic mass is 10.2. The number of nitrogens with zero attached hydrogens (tertiary/aromatic N) is 5. The molecule has 0 radical (unpaired) electrons. The van der Waals surface area contributed by atoms with Gasteiger partial charge < -0.3 is 10.0 Å². The topological polar surface area (TPSA) is 84.1 Å². The Hall–Kier alpha value is -2.28. The van der Waals surface area contributed by atoms with Crippen LogP contribution in [0.25, 0.3) is 0 Å². The lowest BCUT2D eigenvalue weighted by molar-refractivity contribution is 0.0690. The van der Waals surface area contributed by atoms with E-state index in [2.05, 4.69) is 20.2 Å². The predicted molar refractivity (Wildman–Crippen MR) is 72.4 cm³/mol. The Bertz CT molecular complexity index is 555. The quantitative estimate of drug-likeness (QED) is 0.794. The average molecular weight is 275 g/mol. The number of carboxylic acid groups (broad SMARTS) is 1. The smallest absolute Gasteiger partial charge is 0.358 e. The summed E-state index contributed by atoms with van der Waals surface area (Å²) in [6.45, 7) is 2.32. The van der Waals surface area contributed by atoms with Crippen molar-refractivity contribution in [2.75, 3.05) is 20.1 Å². The molecular formula is C13H17N5O2. The molecule has 0 aliphatic heterocycles. The fourth-order valence-electron chi connectivity index (χ4n) is 1.76. The summed E-state index contributed by atoms with van der Waals surface area (Å²) in [5.74, 6) is -1.05. The van der Waals surface area contributed by atoms with E-state index in [1.165, 1.54) is 11.8 Å². The van der Waals surface area contributed by atoms with Crippen LogP contribution >= 0.6 is 0 Å². The summed E-state index contributed by atoms with van der Waals surface area (Å²) in [5, 5.41) is 16.1. The molecule has 0 aliphatic rings. The zero-order valence-electron chi connectivity index (χ0n) is 11.3. The minimum atomic E-state index is -1.05. The maximum atomic E-state index is 10.7. The third-order valence-electron chi connectivity index (χ3n) is 3.00. The Kier molecular flexibility index (Phi) is 4.78. The van der Waals surface area contributed by atoms with E-state index in [0.717, 1.165) is 19.5 Å². The van der Waals surface area contributed by atoms with Crippen LogP contribution in [0.4, 0.5) is 0 Å². The largest absolute Gasteiger partial charge is 0.476 e. The number of hydrogen-bond acceptors (Lipinski definition) is 5. The molecule has 0 unspecified atom stereocenters. The highest BCUT2D eigenvalue weighted by Crippen LogP contribution is 1.99. The predicted octanol–water partition coefficient (Wildman–Crippen LogP) is 0.546. The van der Waals surface area contributed by atoms with Gasteiger partial charge in [-0.3, -0.25) is 9.67 Å². The molecule has 2 aromatic rings. The number of pyridine rings is 1. The molecule has 0 aliphatic carbocycles. The molecule has 7 nitrogen and oxygen atoms in total. The fourth-order valence-corrected chi connectivity index (χ4v) is 1.76. The Morgan fingerprint density at radius 1 is 1.35 bits per heavy atom. The van der Waals surface area contributed by atoms with Gasteiger partial charge >= 0.3 is 5.97 Å². The van der Waals surface area contributed by atoms with E-state index in [1.807, 2.05) is 19.2 Å². The van der Waals surface area contributed by atoms with Gasteiger partial charge in [0.2, 0.25) is 0 Å². The lowest BCUT2D eigenvalue weighted by Crippen LogP contribution is -2.25. The molecule has 0 bridgehead atoms. The Balaban J connectivity index is 1.74. The Labute approximate surface area is 116 Å². The zero-order chi connectivity index (χ0) is 14.4. The molecular weight excluding hydrogens is 258 g/mol. The van der Waals surface area contributed by atoms with Crippen molar-refractivity contribution in [1.29, 1.82) is 0 Å². The monoisotopic (exact) mass is 275 g/mol. The van der Waals surface area contributed by atoms with Gasteiger partial charge in [-0.15, -0.1) is 5.10 Å². The number of aromatic nitrogens is 4. The van der Waals surface area contributed by atoms with Gasteiger partial charge in [-0.25, -0.2) is 4.79 Å². The number of aromatic carboxylic acids is 1. The maximum Gasteiger partial charge on any atom is 0.358 e. The van der Waals surface area contributed by atoms with Crippen molar-refractivity contribution >= 4 is 5.97 Å². The highest BCUT2D eigenvalue weighted by atomic mass is 16.4. The van der Waals surface area contributed by atoms with E-state index in [9.17, 15) is 4.79 Å². The van der Waals surface area contributed by atoms with E-state index >= 15 is 0 Å². The highest BCUT2D eigenvalue weighted by Gasteiger charge is 2.08. The molecule has 0 aromatic carbocycles. The lowest BCUT2D eigenvalue weighted by Gasteiger charge is -2.16. The normalized spacial score (nSPS) is 10.9. The summed E-state index contributed by atoms with van der Waals surface area (Å²) in [6, 6.07) is 4.01. The molecule has 0 saturated heterocycles. The van der Waals surface area contributed by atoms with Gasteiger partial charge in [-0.1, -0.05) is 5.21 Å². The summed E-state index contributed by atoms with van der Waals surface area (Å²) in [4.78, 5) is 16.8. The fraction of sp³-hybridized carbons (Fsp3) is 0.385. The van der Waals surface area contributed by atoms with Crippen LogP contribution in [0.3, 0.4) is 0 Å². The second-order valence-electron chi connectivity index (χ2n) is 4.58. The van der Waals surface area contributed by atoms with Crippen LogP contribution in [0, 0.1) is 0 Å². The molecule has 20 heavy (non-hydrogen) atoms. The second kappa shape index (κ2) is 6.76.